The van der Waals surface area contributed by atoms with Gasteiger partial charge in [-0.25, -0.2) is 4.79 Å². The lowest BCUT2D eigenvalue weighted by Crippen LogP contribution is -2.39. The van der Waals surface area contributed by atoms with Gasteiger partial charge in [-0.3, -0.25) is 4.79 Å². The van der Waals surface area contributed by atoms with Crippen LogP contribution in [0.1, 0.15) is 40.0 Å². The number of rotatable bonds is 6. The molecule has 5 heteroatoms. The summed E-state index contributed by atoms with van der Waals surface area (Å²) >= 11 is 0. The summed E-state index contributed by atoms with van der Waals surface area (Å²) in [4.78, 5) is 21.7. The molecule has 1 aliphatic carbocycles. The van der Waals surface area contributed by atoms with Gasteiger partial charge in [0.2, 0.25) is 0 Å². The van der Waals surface area contributed by atoms with E-state index in [9.17, 15) is 9.59 Å². The van der Waals surface area contributed by atoms with Gasteiger partial charge in [0.15, 0.2) is 0 Å². The van der Waals surface area contributed by atoms with E-state index in [1.165, 1.54) is 0 Å². The second-order valence-corrected chi connectivity index (χ2v) is 5.31. The molecule has 0 aromatic rings. The first kappa shape index (κ1) is 13.8. The zero-order valence-corrected chi connectivity index (χ0v) is 10.7. The molecular formula is C12H22N2O3. The van der Waals surface area contributed by atoms with Gasteiger partial charge in [0, 0.05) is 19.0 Å². The standard InChI is InChI=1S/C12H22N2O3/c1-8(2)12(3)7-9(12)14-11(17)13-6-4-5-10(15)16/h8-9H,4-7H2,1-3H3,(H,15,16)(H2,13,14,17). The van der Waals surface area contributed by atoms with Crippen molar-refractivity contribution in [1.82, 2.24) is 10.6 Å². The van der Waals surface area contributed by atoms with Crippen molar-refractivity contribution < 1.29 is 14.7 Å². The molecule has 1 fully saturated rings. The van der Waals surface area contributed by atoms with E-state index in [2.05, 4.69) is 31.4 Å². The van der Waals surface area contributed by atoms with Crippen LogP contribution in [0.5, 0.6) is 0 Å². The van der Waals surface area contributed by atoms with Crippen molar-refractivity contribution in [2.45, 2.75) is 46.1 Å². The van der Waals surface area contributed by atoms with Crippen LogP contribution in [-0.2, 0) is 4.79 Å². The Morgan fingerprint density at radius 3 is 2.59 bits per heavy atom. The SMILES string of the molecule is CC(C)C1(C)CC1NC(=O)NCCCC(=O)O. The summed E-state index contributed by atoms with van der Waals surface area (Å²) in [6.45, 7) is 6.90. The third kappa shape index (κ3) is 3.91. The van der Waals surface area contributed by atoms with Crippen LogP contribution < -0.4 is 10.6 Å². The van der Waals surface area contributed by atoms with E-state index in [0.29, 0.717) is 18.9 Å². The predicted octanol–water partition coefficient (Wildman–Crippen LogP) is 1.58. The Morgan fingerprint density at radius 1 is 1.47 bits per heavy atom. The highest BCUT2D eigenvalue weighted by atomic mass is 16.4. The minimum Gasteiger partial charge on any atom is -0.481 e. The van der Waals surface area contributed by atoms with Gasteiger partial charge in [0.1, 0.15) is 0 Å². The van der Waals surface area contributed by atoms with E-state index in [1.807, 2.05) is 0 Å². The Kier molecular flexibility index (Phi) is 4.37. The molecule has 0 bridgehead atoms. The van der Waals surface area contributed by atoms with E-state index in [0.717, 1.165) is 6.42 Å². The summed E-state index contributed by atoms with van der Waals surface area (Å²) in [6.07, 6.45) is 1.58. The van der Waals surface area contributed by atoms with Gasteiger partial charge in [-0.2, -0.15) is 0 Å². The van der Waals surface area contributed by atoms with Crippen molar-refractivity contribution in [3.63, 3.8) is 0 Å². The van der Waals surface area contributed by atoms with Crippen LogP contribution in [0, 0.1) is 11.3 Å². The Labute approximate surface area is 102 Å². The number of amides is 2. The number of urea groups is 1. The second kappa shape index (κ2) is 5.38. The molecule has 0 aromatic heterocycles. The molecule has 5 nitrogen and oxygen atoms in total. The van der Waals surface area contributed by atoms with Crippen LogP contribution in [0.15, 0.2) is 0 Å². The third-order valence-electron chi connectivity index (χ3n) is 3.76. The average Bonchev–Trinajstić information content (AvgIpc) is 2.85. The van der Waals surface area contributed by atoms with E-state index < -0.39 is 5.97 Å². The third-order valence-corrected chi connectivity index (χ3v) is 3.76. The molecule has 17 heavy (non-hydrogen) atoms. The maximum Gasteiger partial charge on any atom is 0.315 e. The maximum atomic E-state index is 11.5. The molecule has 1 saturated carbocycles. The van der Waals surface area contributed by atoms with Crippen LogP contribution in [0.2, 0.25) is 0 Å². The van der Waals surface area contributed by atoms with Crippen LogP contribution in [0.4, 0.5) is 4.79 Å². The van der Waals surface area contributed by atoms with Gasteiger partial charge < -0.3 is 15.7 Å². The van der Waals surface area contributed by atoms with Crippen LogP contribution in [0.25, 0.3) is 0 Å². The summed E-state index contributed by atoms with van der Waals surface area (Å²) in [5.41, 5.74) is 0.221. The van der Waals surface area contributed by atoms with Crippen LogP contribution in [0.3, 0.4) is 0 Å². The molecule has 0 aliphatic heterocycles. The van der Waals surface area contributed by atoms with Crippen LogP contribution in [-0.4, -0.2) is 29.7 Å². The number of carbonyl (C=O) groups excluding carboxylic acids is 1. The van der Waals surface area contributed by atoms with E-state index in [-0.39, 0.29) is 23.9 Å². The molecule has 3 N–H and O–H groups in total. The first-order valence-corrected chi connectivity index (χ1v) is 6.12. The Balaban J connectivity index is 2.13. The van der Waals surface area contributed by atoms with E-state index in [1.54, 1.807) is 0 Å². The molecule has 0 saturated heterocycles. The van der Waals surface area contributed by atoms with Crippen molar-refractivity contribution in [2.75, 3.05) is 6.54 Å². The van der Waals surface area contributed by atoms with Crippen molar-refractivity contribution in [3.05, 3.63) is 0 Å². The number of carbonyl (C=O) groups is 2. The smallest absolute Gasteiger partial charge is 0.315 e. The van der Waals surface area contributed by atoms with Crippen molar-refractivity contribution in [3.8, 4) is 0 Å². The highest BCUT2D eigenvalue weighted by molar-refractivity contribution is 5.75. The normalized spacial score (nSPS) is 26.7. The van der Waals surface area contributed by atoms with Crippen LogP contribution >= 0.6 is 0 Å². The minimum atomic E-state index is -0.832. The number of hydrogen-bond donors (Lipinski definition) is 3. The van der Waals surface area contributed by atoms with Crippen molar-refractivity contribution in [2.24, 2.45) is 11.3 Å². The van der Waals surface area contributed by atoms with Gasteiger partial charge in [-0.1, -0.05) is 20.8 Å². The molecule has 1 rings (SSSR count). The van der Waals surface area contributed by atoms with Crippen molar-refractivity contribution in [1.29, 1.82) is 0 Å². The van der Waals surface area contributed by atoms with E-state index >= 15 is 0 Å². The highest BCUT2D eigenvalue weighted by Gasteiger charge is 2.52. The maximum absolute atomic E-state index is 11.5. The molecule has 0 radical (unpaired) electrons. The quantitative estimate of drug-likeness (QED) is 0.619. The molecule has 0 heterocycles. The zero-order valence-electron chi connectivity index (χ0n) is 10.7. The monoisotopic (exact) mass is 242 g/mol. The average molecular weight is 242 g/mol. The Hall–Kier alpha value is -1.26. The molecule has 98 valence electrons. The largest absolute Gasteiger partial charge is 0.481 e. The number of hydrogen-bond acceptors (Lipinski definition) is 2. The predicted molar refractivity (Wildman–Crippen MR) is 64.8 cm³/mol. The summed E-state index contributed by atoms with van der Waals surface area (Å²) in [6, 6.07) is 0.0618. The number of carboxylic acid groups (broad SMARTS) is 1. The van der Waals surface area contributed by atoms with E-state index in [4.69, 9.17) is 5.11 Å². The Bertz CT molecular complexity index is 304. The first-order chi connectivity index (χ1) is 7.86. The molecule has 2 amide bonds. The van der Waals surface area contributed by atoms with Gasteiger partial charge >= 0.3 is 12.0 Å². The molecule has 2 atom stereocenters. The highest BCUT2D eigenvalue weighted by Crippen LogP contribution is 2.51. The van der Waals surface area contributed by atoms with Crippen molar-refractivity contribution >= 4 is 12.0 Å². The topological polar surface area (TPSA) is 78.4 Å². The molecule has 1 aliphatic rings. The first-order valence-electron chi connectivity index (χ1n) is 6.12. The second-order valence-electron chi connectivity index (χ2n) is 5.31. The lowest BCUT2D eigenvalue weighted by molar-refractivity contribution is -0.137. The van der Waals surface area contributed by atoms with Gasteiger partial charge in [0.25, 0.3) is 0 Å². The molecule has 0 aromatic carbocycles. The lowest BCUT2D eigenvalue weighted by atomic mass is 9.94. The van der Waals surface area contributed by atoms with Gasteiger partial charge in [0.05, 0.1) is 0 Å². The number of nitrogens with one attached hydrogen (secondary N) is 2. The summed E-state index contributed by atoms with van der Waals surface area (Å²) in [7, 11) is 0. The fraction of sp³-hybridized carbons (Fsp3) is 0.833. The zero-order chi connectivity index (χ0) is 13.1. The minimum absolute atomic E-state index is 0.0907. The summed E-state index contributed by atoms with van der Waals surface area (Å²) in [5, 5.41) is 14.0. The number of aliphatic carboxylic acids is 1. The fourth-order valence-electron chi connectivity index (χ4n) is 1.89. The molecule has 0 spiro atoms. The lowest BCUT2D eigenvalue weighted by Gasteiger charge is -2.16. The number of carboxylic acids is 1. The fourth-order valence-corrected chi connectivity index (χ4v) is 1.89. The summed E-state index contributed by atoms with van der Waals surface area (Å²) < 4.78 is 0. The van der Waals surface area contributed by atoms with Gasteiger partial charge in [-0.15, -0.1) is 0 Å². The molecule has 2 unspecified atom stereocenters. The Morgan fingerprint density at radius 2 is 2.12 bits per heavy atom. The van der Waals surface area contributed by atoms with Gasteiger partial charge in [-0.05, 0) is 24.2 Å². The summed E-state index contributed by atoms with van der Waals surface area (Å²) in [5.74, 6) is -0.276. The molecular weight excluding hydrogens is 220 g/mol.